The van der Waals surface area contributed by atoms with Crippen LogP contribution in [0.4, 0.5) is 0 Å². The first-order chi connectivity index (χ1) is 11.1. The average Bonchev–Trinajstić information content (AvgIpc) is 3.16. The first kappa shape index (κ1) is 23.0. The Labute approximate surface area is 172 Å². The van der Waals surface area contributed by atoms with Gasteiger partial charge in [0.05, 0.1) is 0 Å². The molecule has 0 radical (unpaired) electrons. The smallest absolute Gasteiger partial charge is 1.00 e. The second kappa shape index (κ2) is 9.76. The van der Waals surface area contributed by atoms with Crippen LogP contribution in [-0.4, -0.2) is 23.5 Å². The van der Waals surface area contributed by atoms with E-state index in [-0.39, 0.29) is 24.8 Å². The minimum Gasteiger partial charge on any atom is -1.00 e. The molecule has 1 aromatic rings. The molecule has 25 heavy (non-hydrogen) atoms. The Balaban J connectivity index is 0.00000156. The fourth-order valence-electron chi connectivity index (χ4n) is 3.89. The van der Waals surface area contributed by atoms with E-state index in [0.717, 1.165) is 12.5 Å². The quantitative estimate of drug-likeness (QED) is 0.526. The third-order valence-electron chi connectivity index (χ3n) is 5.19. The van der Waals surface area contributed by atoms with Gasteiger partial charge in [-0.15, -0.1) is 0 Å². The van der Waals surface area contributed by atoms with Crippen molar-refractivity contribution in [1.82, 2.24) is 0 Å². The largest absolute Gasteiger partial charge is 1.00 e. The molecule has 0 spiro atoms. The van der Waals surface area contributed by atoms with Crippen LogP contribution in [-0.2, 0) is 21.3 Å². The zero-order valence-electron chi connectivity index (χ0n) is 15.1. The molecule has 0 amide bonds. The van der Waals surface area contributed by atoms with Gasteiger partial charge in [0.25, 0.3) is 0 Å². The van der Waals surface area contributed by atoms with E-state index in [1.807, 2.05) is 0 Å². The van der Waals surface area contributed by atoms with E-state index < -0.39 is 29.3 Å². The summed E-state index contributed by atoms with van der Waals surface area (Å²) in [5.74, 6) is 0. The summed E-state index contributed by atoms with van der Waals surface area (Å²) in [5.41, 5.74) is 2.96. The first-order valence-electron chi connectivity index (χ1n) is 8.53. The third-order valence-corrected chi connectivity index (χ3v) is 16.5. The molecule has 2 aliphatic carbocycles. The van der Waals surface area contributed by atoms with Crippen molar-refractivity contribution >= 4 is 17.9 Å². The fourth-order valence-corrected chi connectivity index (χ4v) is 16.3. The molecule has 1 N–H and O–H groups in total. The van der Waals surface area contributed by atoms with Crippen molar-refractivity contribution in [2.45, 2.75) is 36.1 Å². The zero-order chi connectivity index (χ0) is 16.4. The molecule has 0 aromatic heterocycles. The molecule has 0 aliphatic heterocycles. The van der Waals surface area contributed by atoms with Crippen LogP contribution in [0.1, 0.15) is 28.1 Å². The number of aliphatic hydroxyl groups is 1. The van der Waals surface area contributed by atoms with E-state index in [2.05, 4.69) is 72.3 Å². The summed E-state index contributed by atoms with van der Waals surface area (Å²) in [4.78, 5) is 0. The topological polar surface area (TPSA) is 20.2 Å². The second-order valence-electron chi connectivity index (χ2n) is 7.07. The molecule has 0 saturated heterocycles. The van der Waals surface area contributed by atoms with E-state index in [1.165, 1.54) is 5.56 Å². The van der Waals surface area contributed by atoms with Crippen molar-refractivity contribution in [3.8, 4) is 0 Å². The van der Waals surface area contributed by atoms with Gasteiger partial charge in [0, 0.05) is 0 Å². The molecule has 1 aromatic carbocycles. The van der Waals surface area contributed by atoms with Crippen LogP contribution >= 0.6 is 0 Å². The zero-order valence-corrected chi connectivity index (χ0v) is 20.1. The number of hydrogen-bond donors (Lipinski definition) is 1. The van der Waals surface area contributed by atoms with Crippen LogP contribution < -0.4 is 24.8 Å². The van der Waals surface area contributed by atoms with Crippen LogP contribution in [0.3, 0.4) is 0 Å². The summed E-state index contributed by atoms with van der Waals surface area (Å²) in [6.07, 6.45) is 10.7. The molecule has 134 valence electrons. The Hall–Kier alpha value is -0.0500. The molecule has 0 fully saturated rings. The minimum atomic E-state index is -1.86. The van der Waals surface area contributed by atoms with Gasteiger partial charge in [0.15, 0.2) is 0 Å². The molecule has 1 nitrogen and oxygen atoms in total. The van der Waals surface area contributed by atoms with Crippen LogP contribution in [0, 0.1) is 0 Å². The summed E-state index contributed by atoms with van der Waals surface area (Å²) in [5, 5.41) is 11.1. The van der Waals surface area contributed by atoms with Gasteiger partial charge in [-0.3, -0.25) is 0 Å². The minimum absolute atomic E-state index is 0. The SMILES string of the molecule is C[CH]=[Zr+2]([C]1=C([Si](C)(C)CCO)C=CC1)[CH]1C=Cc2ccccc21.[Cl-].[Cl-]. The van der Waals surface area contributed by atoms with E-state index >= 15 is 0 Å². The maximum absolute atomic E-state index is 9.47. The van der Waals surface area contributed by atoms with Crippen molar-refractivity contribution < 1.29 is 51.2 Å². The van der Waals surface area contributed by atoms with Gasteiger partial charge in [-0.05, 0) is 0 Å². The van der Waals surface area contributed by atoms with Gasteiger partial charge in [0.1, 0.15) is 0 Å². The van der Waals surface area contributed by atoms with Crippen LogP contribution in [0.15, 0.2) is 51.0 Å². The molecule has 3 rings (SSSR count). The average molecular weight is 473 g/mol. The number of halogens is 2. The fraction of sp³-hybridized carbons (Fsp3) is 0.350. The van der Waals surface area contributed by atoms with Crippen molar-refractivity contribution in [1.29, 1.82) is 0 Å². The predicted molar refractivity (Wildman–Crippen MR) is 100 cm³/mol. The van der Waals surface area contributed by atoms with E-state index in [9.17, 15) is 5.11 Å². The van der Waals surface area contributed by atoms with Crippen LogP contribution in [0.25, 0.3) is 6.08 Å². The first-order valence-corrected chi connectivity index (χ1v) is 15.8. The van der Waals surface area contributed by atoms with Gasteiger partial charge in [-0.1, -0.05) is 0 Å². The number of rotatable bonds is 5. The van der Waals surface area contributed by atoms with Gasteiger partial charge in [-0.25, -0.2) is 0 Å². The van der Waals surface area contributed by atoms with Crippen molar-refractivity contribution in [3.63, 3.8) is 0 Å². The molecule has 0 heterocycles. The van der Waals surface area contributed by atoms with Crippen molar-refractivity contribution in [3.05, 3.63) is 62.1 Å². The molecular weight excluding hydrogens is 446 g/mol. The summed E-state index contributed by atoms with van der Waals surface area (Å²) < 4.78 is 5.01. The molecule has 0 bridgehead atoms. The number of benzene rings is 1. The molecule has 1 atom stereocenters. The maximum Gasteiger partial charge on any atom is -1.00 e. The summed E-state index contributed by atoms with van der Waals surface area (Å²) in [7, 11) is -1.51. The van der Waals surface area contributed by atoms with E-state index in [0.29, 0.717) is 10.2 Å². The monoisotopic (exact) mass is 470 g/mol. The van der Waals surface area contributed by atoms with Gasteiger partial charge < -0.3 is 24.8 Å². The van der Waals surface area contributed by atoms with Gasteiger partial charge >= 0.3 is 149 Å². The Morgan fingerprint density at radius 3 is 2.60 bits per heavy atom. The molecule has 2 aliphatic rings. The Morgan fingerprint density at radius 1 is 1.20 bits per heavy atom. The van der Waals surface area contributed by atoms with E-state index in [1.54, 1.807) is 14.0 Å². The van der Waals surface area contributed by atoms with Gasteiger partial charge in [-0.2, -0.15) is 0 Å². The summed E-state index contributed by atoms with van der Waals surface area (Å²) in [6, 6.07) is 9.87. The Morgan fingerprint density at radius 2 is 1.92 bits per heavy atom. The summed E-state index contributed by atoms with van der Waals surface area (Å²) in [6.45, 7) is 7.45. The molecule has 0 saturated carbocycles. The molecular formula is C20H26Cl2OSiZr. The molecule has 1 unspecified atom stereocenters. The summed E-state index contributed by atoms with van der Waals surface area (Å²) >= 11 is -1.86. The normalized spacial score (nSPS) is 18.2. The Bertz CT molecular complexity index is 735. The van der Waals surface area contributed by atoms with Crippen LogP contribution in [0.2, 0.25) is 19.1 Å². The van der Waals surface area contributed by atoms with E-state index in [4.69, 9.17) is 0 Å². The van der Waals surface area contributed by atoms with Crippen LogP contribution in [0.5, 0.6) is 0 Å². The van der Waals surface area contributed by atoms with Crippen molar-refractivity contribution in [2.24, 2.45) is 0 Å². The molecule has 5 heteroatoms. The number of hydrogen-bond acceptors (Lipinski definition) is 1. The van der Waals surface area contributed by atoms with Crippen molar-refractivity contribution in [2.75, 3.05) is 6.61 Å². The maximum atomic E-state index is 9.47. The Kier molecular flexibility index (Phi) is 8.98. The standard InChI is InChI=1S/C9H15OSi.C9H7.C2H4.2ClH.Zr/c1-11(2,8-7-10)9-5-3-4-6-9;1-2-5-9-7-3-6-8(9)4-1;1-2;;;/h3,5,10H,4,7-8H2,1-2H3;1-7H;1H,2H3;2*1H;/q;;;;;+2/p-2. The number of allylic oxidation sites excluding steroid dienone is 5. The number of fused-ring (bicyclic) bond motifs is 1. The third kappa shape index (κ3) is 4.62. The number of aliphatic hydroxyl groups excluding tert-OH is 1. The second-order valence-corrected chi connectivity index (χ2v) is 18.5. The van der Waals surface area contributed by atoms with Gasteiger partial charge in [0.2, 0.25) is 0 Å². The predicted octanol–water partition coefficient (Wildman–Crippen LogP) is -1.34.